The fourth-order valence-electron chi connectivity index (χ4n) is 4.24. The lowest BCUT2D eigenvalue weighted by Crippen LogP contribution is -2.52. The molecule has 1 aliphatic heterocycles. The van der Waals surface area contributed by atoms with Crippen molar-refractivity contribution in [3.8, 4) is 0 Å². The number of carbonyl (C=O) groups excluding carboxylic acids is 2. The number of rotatable bonds is 6. The molecule has 4 rings (SSSR count). The van der Waals surface area contributed by atoms with Crippen molar-refractivity contribution in [1.29, 1.82) is 0 Å². The monoisotopic (exact) mass is 541 g/mol. The molecular formula is C26H28ClN5O4S. The normalized spacial score (nSPS) is 13.9. The van der Waals surface area contributed by atoms with Crippen LogP contribution in [0.5, 0.6) is 0 Å². The van der Waals surface area contributed by atoms with Crippen molar-refractivity contribution in [1.82, 2.24) is 4.90 Å². The number of nitrogens with zero attached hydrogens (tertiary/aromatic N) is 3. The molecule has 1 aliphatic rings. The van der Waals surface area contributed by atoms with Crippen LogP contribution in [0.25, 0.3) is 0 Å². The van der Waals surface area contributed by atoms with E-state index in [4.69, 9.17) is 23.1 Å². The zero-order valence-electron chi connectivity index (χ0n) is 20.3. The van der Waals surface area contributed by atoms with E-state index in [2.05, 4.69) is 0 Å². The fourth-order valence-corrected chi connectivity index (χ4v) is 5.29. The topological polar surface area (TPSA) is 130 Å². The Morgan fingerprint density at radius 1 is 0.946 bits per heavy atom. The van der Waals surface area contributed by atoms with Crippen LogP contribution in [0.1, 0.15) is 10.4 Å². The largest absolute Gasteiger partial charge is 0.399 e. The van der Waals surface area contributed by atoms with Gasteiger partial charge in [-0.05, 0) is 48.5 Å². The van der Waals surface area contributed by atoms with Crippen LogP contribution in [-0.4, -0.2) is 64.1 Å². The summed E-state index contributed by atoms with van der Waals surface area (Å²) in [6, 6.07) is 18.4. The lowest BCUT2D eigenvalue weighted by atomic mass is 10.1. The molecule has 0 saturated carbocycles. The third-order valence-electron chi connectivity index (χ3n) is 6.21. The molecule has 0 aromatic heterocycles. The Labute approximate surface area is 221 Å². The summed E-state index contributed by atoms with van der Waals surface area (Å²) in [4.78, 5) is 31.9. The first kappa shape index (κ1) is 26.3. The molecule has 0 aliphatic carbocycles. The van der Waals surface area contributed by atoms with Gasteiger partial charge in [-0.15, -0.1) is 0 Å². The average molecular weight is 542 g/mol. The number of hydrogen-bond donors (Lipinski definition) is 2. The Morgan fingerprint density at radius 2 is 1.62 bits per heavy atom. The summed E-state index contributed by atoms with van der Waals surface area (Å²) in [5, 5.41) is 0.344. The van der Waals surface area contributed by atoms with Crippen molar-refractivity contribution in [2.45, 2.75) is 4.90 Å². The maximum Gasteiger partial charge on any atom is 0.258 e. The van der Waals surface area contributed by atoms with E-state index in [0.29, 0.717) is 53.8 Å². The number of nitrogen functional groups attached to an aromatic ring is 2. The van der Waals surface area contributed by atoms with Gasteiger partial charge in [0.25, 0.3) is 5.91 Å². The lowest BCUT2D eigenvalue weighted by molar-refractivity contribution is -0.129. The van der Waals surface area contributed by atoms with Gasteiger partial charge in [0.2, 0.25) is 5.91 Å². The number of nitrogens with two attached hydrogens (primary N) is 2. The van der Waals surface area contributed by atoms with E-state index in [9.17, 15) is 18.0 Å². The van der Waals surface area contributed by atoms with E-state index in [1.807, 2.05) is 11.0 Å². The Kier molecular flexibility index (Phi) is 7.60. The van der Waals surface area contributed by atoms with Gasteiger partial charge >= 0.3 is 0 Å². The van der Waals surface area contributed by atoms with E-state index in [-0.39, 0.29) is 28.9 Å². The van der Waals surface area contributed by atoms with Crippen LogP contribution in [0.15, 0.2) is 71.6 Å². The number of anilines is 4. The van der Waals surface area contributed by atoms with Crippen molar-refractivity contribution >= 4 is 56.0 Å². The van der Waals surface area contributed by atoms with Crippen LogP contribution >= 0.6 is 11.6 Å². The molecular weight excluding hydrogens is 514 g/mol. The molecule has 1 heterocycles. The Hall–Kier alpha value is -3.76. The van der Waals surface area contributed by atoms with Gasteiger partial charge in [0.05, 0.1) is 21.3 Å². The van der Waals surface area contributed by atoms with Crippen LogP contribution in [-0.2, 0) is 14.6 Å². The first-order valence-electron chi connectivity index (χ1n) is 11.6. The first-order chi connectivity index (χ1) is 17.5. The van der Waals surface area contributed by atoms with E-state index in [1.165, 1.54) is 17.0 Å². The standard InChI is InChI=1S/C26H28ClN5O4S/c1-37(35,36)24-16-19(28)8-10-23(24)30-11-13-31(14-12-30)25(33)17-32(20-5-3-2-4-6-20)26(34)18-7-9-21(27)22(29)15-18/h2-10,15-16H,11-14,17,28-29H2,1H3. The molecule has 2 amide bonds. The molecule has 1 fully saturated rings. The predicted molar refractivity (Wildman–Crippen MR) is 147 cm³/mol. The van der Waals surface area contributed by atoms with Crippen molar-refractivity contribution in [2.75, 3.05) is 60.2 Å². The number of benzene rings is 3. The highest BCUT2D eigenvalue weighted by atomic mass is 35.5. The molecule has 11 heteroatoms. The van der Waals surface area contributed by atoms with Gasteiger partial charge in [0.1, 0.15) is 6.54 Å². The molecule has 4 N–H and O–H groups in total. The lowest BCUT2D eigenvalue weighted by Gasteiger charge is -2.37. The summed E-state index contributed by atoms with van der Waals surface area (Å²) < 4.78 is 24.6. The SMILES string of the molecule is CS(=O)(=O)c1cc(N)ccc1N1CCN(C(=O)CN(C(=O)c2ccc(Cl)c(N)c2)c2ccccc2)CC1. The molecule has 194 valence electrons. The highest BCUT2D eigenvalue weighted by Crippen LogP contribution is 2.29. The summed E-state index contributed by atoms with van der Waals surface area (Å²) >= 11 is 6.01. The molecule has 9 nitrogen and oxygen atoms in total. The third kappa shape index (κ3) is 5.98. The molecule has 1 saturated heterocycles. The second kappa shape index (κ2) is 10.7. The van der Waals surface area contributed by atoms with Crippen molar-refractivity contribution in [3.05, 3.63) is 77.3 Å². The van der Waals surface area contributed by atoms with Crippen LogP contribution in [0.2, 0.25) is 5.02 Å². The second-order valence-electron chi connectivity index (χ2n) is 8.83. The van der Waals surface area contributed by atoms with E-state index >= 15 is 0 Å². The maximum atomic E-state index is 13.4. The summed E-state index contributed by atoms with van der Waals surface area (Å²) in [5.74, 6) is -0.597. The molecule has 0 bridgehead atoms. The molecule has 0 atom stereocenters. The van der Waals surface area contributed by atoms with Gasteiger partial charge in [0.15, 0.2) is 9.84 Å². The van der Waals surface area contributed by atoms with Gasteiger partial charge < -0.3 is 21.3 Å². The minimum Gasteiger partial charge on any atom is -0.399 e. The van der Waals surface area contributed by atoms with E-state index in [0.717, 1.165) is 6.26 Å². The predicted octanol–water partition coefficient (Wildman–Crippen LogP) is 2.90. The third-order valence-corrected chi connectivity index (χ3v) is 7.68. The van der Waals surface area contributed by atoms with Crippen molar-refractivity contribution < 1.29 is 18.0 Å². The number of hydrogen-bond acceptors (Lipinski definition) is 7. The molecule has 37 heavy (non-hydrogen) atoms. The Balaban J connectivity index is 1.50. The van der Waals surface area contributed by atoms with Crippen LogP contribution in [0.4, 0.5) is 22.7 Å². The van der Waals surface area contributed by atoms with Crippen LogP contribution in [0, 0.1) is 0 Å². The first-order valence-corrected chi connectivity index (χ1v) is 13.9. The molecule has 3 aromatic rings. The summed E-state index contributed by atoms with van der Waals surface area (Å²) in [5.41, 5.74) is 13.8. The molecule has 0 radical (unpaired) electrons. The number of halogens is 1. The van der Waals surface area contributed by atoms with Gasteiger partial charge in [-0.2, -0.15) is 0 Å². The second-order valence-corrected chi connectivity index (χ2v) is 11.2. The number of amides is 2. The number of para-hydroxylation sites is 1. The van der Waals surface area contributed by atoms with Crippen LogP contribution in [0.3, 0.4) is 0 Å². The summed E-state index contributed by atoms with van der Waals surface area (Å²) in [6.07, 6.45) is 1.15. The van der Waals surface area contributed by atoms with Crippen molar-refractivity contribution in [3.63, 3.8) is 0 Å². The quantitative estimate of drug-likeness (QED) is 0.459. The smallest absolute Gasteiger partial charge is 0.258 e. The highest BCUT2D eigenvalue weighted by Gasteiger charge is 2.28. The number of piperazine rings is 1. The van der Waals surface area contributed by atoms with Gasteiger partial charge in [0, 0.05) is 49.4 Å². The van der Waals surface area contributed by atoms with Gasteiger partial charge in [-0.25, -0.2) is 8.42 Å². The minimum atomic E-state index is -3.49. The van der Waals surface area contributed by atoms with Crippen LogP contribution < -0.4 is 21.3 Å². The molecule has 3 aromatic carbocycles. The summed E-state index contributed by atoms with van der Waals surface area (Å²) in [7, 11) is -3.49. The zero-order chi connectivity index (χ0) is 26.7. The Morgan fingerprint density at radius 3 is 2.24 bits per heavy atom. The number of sulfone groups is 1. The van der Waals surface area contributed by atoms with Crippen molar-refractivity contribution in [2.24, 2.45) is 0 Å². The van der Waals surface area contributed by atoms with E-state index in [1.54, 1.807) is 53.4 Å². The number of carbonyl (C=O) groups is 2. The zero-order valence-corrected chi connectivity index (χ0v) is 21.9. The minimum absolute atomic E-state index is 0.162. The average Bonchev–Trinajstić information content (AvgIpc) is 2.88. The fraction of sp³-hybridized carbons (Fsp3) is 0.231. The van der Waals surface area contributed by atoms with Gasteiger partial charge in [-0.3, -0.25) is 14.5 Å². The molecule has 0 spiro atoms. The van der Waals surface area contributed by atoms with E-state index < -0.39 is 9.84 Å². The van der Waals surface area contributed by atoms with Gasteiger partial charge in [-0.1, -0.05) is 29.8 Å². The summed E-state index contributed by atoms with van der Waals surface area (Å²) in [6.45, 7) is 1.45. The maximum absolute atomic E-state index is 13.4. The Bertz CT molecular complexity index is 1420. The highest BCUT2D eigenvalue weighted by molar-refractivity contribution is 7.90. The molecule has 0 unspecified atom stereocenters.